The van der Waals surface area contributed by atoms with E-state index >= 15 is 0 Å². The van der Waals surface area contributed by atoms with E-state index in [2.05, 4.69) is 5.32 Å². The minimum absolute atomic E-state index is 0.0454. The zero-order valence-electron chi connectivity index (χ0n) is 13.9. The second kappa shape index (κ2) is 7.66. The highest BCUT2D eigenvalue weighted by Crippen LogP contribution is 2.32. The number of benzene rings is 2. The van der Waals surface area contributed by atoms with Gasteiger partial charge in [-0.15, -0.1) is 0 Å². The molecule has 0 fully saturated rings. The van der Waals surface area contributed by atoms with Crippen LogP contribution in [0.4, 0.5) is 4.39 Å². The zero-order chi connectivity index (χ0) is 18.6. The molecule has 0 saturated carbocycles. The molecule has 0 heterocycles. The van der Waals surface area contributed by atoms with E-state index in [0.29, 0.717) is 5.56 Å². The Morgan fingerprint density at radius 3 is 2.36 bits per heavy atom. The van der Waals surface area contributed by atoms with Crippen LogP contribution in [0.2, 0.25) is 5.02 Å². The highest BCUT2D eigenvalue weighted by atomic mass is 35.5. The fraction of sp³-hybridized carbons (Fsp3) is 0.263. The zero-order valence-corrected chi connectivity index (χ0v) is 14.7. The van der Waals surface area contributed by atoms with Gasteiger partial charge in [-0.05, 0) is 42.2 Å². The molecule has 0 saturated heterocycles. The van der Waals surface area contributed by atoms with Crippen LogP contribution in [0.5, 0.6) is 0 Å². The second-order valence-corrected chi connectivity index (χ2v) is 6.66. The smallest absolute Gasteiger partial charge is 0.334 e. The minimum atomic E-state index is -1.71. The lowest BCUT2D eigenvalue weighted by atomic mass is 9.82. The number of carboxylic acid groups (broad SMARTS) is 1. The molecular weight excluding hydrogens is 345 g/mol. The van der Waals surface area contributed by atoms with Gasteiger partial charge in [-0.25, -0.2) is 9.18 Å². The molecule has 6 heteroatoms. The van der Waals surface area contributed by atoms with Crippen LogP contribution in [0.1, 0.15) is 36.2 Å². The topological polar surface area (TPSA) is 66.4 Å². The van der Waals surface area contributed by atoms with Gasteiger partial charge in [-0.3, -0.25) is 4.79 Å². The molecule has 1 unspecified atom stereocenters. The molecule has 2 rings (SSSR count). The van der Waals surface area contributed by atoms with Crippen LogP contribution in [0, 0.1) is 11.7 Å². The molecule has 4 nitrogen and oxygen atoms in total. The number of aliphatic carboxylic acids is 1. The van der Waals surface area contributed by atoms with Crippen LogP contribution in [0.25, 0.3) is 0 Å². The Labute approximate surface area is 150 Å². The van der Waals surface area contributed by atoms with Crippen molar-refractivity contribution in [2.24, 2.45) is 5.92 Å². The van der Waals surface area contributed by atoms with Gasteiger partial charge < -0.3 is 10.4 Å². The maximum Gasteiger partial charge on any atom is 0.334 e. The average molecular weight is 364 g/mol. The molecule has 2 N–H and O–H groups in total. The van der Waals surface area contributed by atoms with E-state index in [4.69, 9.17) is 11.6 Å². The largest absolute Gasteiger partial charge is 0.479 e. The number of rotatable bonds is 6. The lowest BCUT2D eigenvalue weighted by Crippen LogP contribution is -2.52. The van der Waals surface area contributed by atoms with Crippen molar-refractivity contribution >= 4 is 23.5 Å². The lowest BCUT2D eigenvalue weighted by molar-refractivity contribution is -0.145. The summed E-state index contributed by atoms with van der Waals surface area (Å²) in [5.41, 5.74) is -1.15. The second-order valence-electron chi connectivity index (χ2n) is 6.26. The minimum Gasteiger partial charge on any atom is -0.479 e. The van der Waals surface area contributed by atoms with Gasteiger partial charge >= 0.3 is 5.97 Å². The van der Waals surface area contributed by atoms with E-state index in [-0.39, 0.29) is 22.9 Å². The summed E-state index contributed by atoms with van der Waals surface area (Å²) in [6, 6.07) is 12.0. The van der Waals surface area contributed by atoms with Crippen LogP contribution in [0.15, 0.2) is 48.5 Å². The first kappa shape index (κ1) is 18.9. The summed E-state index contributed by atoms with van der Waals surface area (Å²) in [6.45, 7) is 3.69. The Balaban J connectivity index is 2.52. The van der Waals surface area contributed by atoms with Crippen molar-refractivity contribution in [1.82, 2.24) is 5.32 Å². The van der Waals surface area contributed by atoms with Crippen molar-refractivity contribution < 1.29 is 19.1 Å². The monoisotopic (exact) mass is 363 g/mol. The van der Waals surface area contributed by atoms with E-state index in [0.717, 1.165) is 6.07 Å². The van der Waals surface area contributed by atoms with Gasteiger partial charge in [0.1, 0.15) is 5.82 Å². The molecule has 0 radical (unpaired) electrons. The predicted molar refractivity (Wildman–Crippen MR) is 94.1 cm³/mol. The Morgan fingerprint density at radius 2 is 1.84 bits per heavy atom. The van der Waals surface area contributed by atoms with Gasteiger partial charge in [0.05, 0.1) is 5.02 Å². The lowest BCUT2D eigenvalue weighted by Gasteiger charge is -2.33. The van der Waals surface area contributed by atoms with Crippen molar-refractivity contribution in [3.05, 3.63) is 70.5 Å². The van der Waals surface area contributed by atoms with E-state index in [1.165, 1.54) is 12.1 Å². The van der Waals surface area contributed by atoms with E-state index in [1.54, 1.807) is 30.3 Å². The molecule has 2 aromatic rings. The first-order chi connectivity index (χ1) is 11.8. The maximum atomic E-state index is 13.5. The molecule has 0 aliphatic rings. The van der Waals surface area contributed by atoms with Crippen molar-refractivity contribution in [3.8, 4) is 0 Å². The summed E-state index contributed by atoms with van der Waals surface area (Å²) in [4.78, 5) is 24.8. The van der Waals surface area contributed by atoms with Crippen LogP contribution < -0.4 is 5.32 Å². The van der Waals surface area contributed by atoms with E-state index in [1.807, 2.05) is 13.8 Å². The van der Waals surface area contributed by atoms with Crippen molar-refractivity contribution in [2.45, 2.75) is 25.8 Å². The summed E-state index contributed by atoms with van der Waals surface area (Å²) in [5, 5.41) is 12.4. The Hall–Kier alpha value is -2.40. The van der Waals surface area contributed by atoms with Gasteiger partial charge in [-0.1, -0.05) is 49.7 Å². The molecular formula is C19H19ClFNO3. The molecule has 25 heavy (non-hydrogen) atoms. The first-order valence-corrected chi connectivity index (χ1v) is 8.20. The molecule has 132 valence electrons. The fourth-order valence-electron chi connectivity index (χ4n) is 2.73. The van der Waals surface area contributed by atoms with Crippen LogP contribution in [-0.2, 0) is 10.3 Å². The molecule has 0 spiro atoms. The maximum absolute atomic E-state index is 13.5. The Morgan fingerprint density at radius 1 is 1.20 bits per heavy atom. The number of carbonyl (C=O) groups excluding carboxylic acids is 1. The molecule has 1 amide bonds. The van der Waals surface area contributed by atoms with Gasteiger partial charge in [0.15, 0.2) is 5.54 Å². The van der Waals surface area contributed by atoms with Crippen LogP contribution in [-0.4, -0.2) is 17.0 Å². The van der Waals surface area contributed by atoms with Gasteiger partial charge in [-0.2, -0.15) is 0 Å². The molecule has 1 atom stereocenters. The summed E-state index contributed by atoms with van der Waals surface area (Å²) in [6.07, 6.45) is 0.128. The number of amides is 1. The summed E-state index contributed by atoms with van der Waals surface area (Å²) in [5.74, 6) is -2.45. The summed E-state index contributed by atoms with van der Waals surface area (Å²) < 4.78 is 13.5. The summed E-state index contributed by atoms with van der Waals surface area (Å²) in [7, 11) is 0. The average Bonchev–Trinajstić information content (AvgIpc) is 2.56. The molecule has 2 aromatic carbocycles. The number of halogens is 2. The molecule has 0 bridgehead atoms. The number of carbonyl (C=O) groups is 2. The van der Waals surface area contributed by atoms with Crippen LogP contribution >= 0.6 is 11.6 Å². The third-order valence-electron chi connectivity index (χ3n) is 3.85. The number of carboxylic acids is 1. The van der Waals surface area contributed by atoms with Gasteiger partial charge in [0, 0.05) is 5.56 Å². The normalized spacial score (nSPS) is 13.3. The quantitative estimate of drug-likeness (QED) is 0.806. The van der Waals surface area contributed by atoms with Crippen LogP contribution in [0.3, 0.4) is 0 Å². The standard InChI is InChI=1S/C19H19ClFNO3/c1-12(2)11-19(18(24)25,14-8-9-16(21)15(20)10-14)22-17(23)13-6-4-3-5-7-13/h3-10,12H,11H2,1-2H3,(H,22,23)(H,24,25). The third-order valence-corrected chi connectivity index (χ3v) is 4.14. The molecule has 0 aliphatic carbocycles. The van der Waals surface area contributed by atoms with Crippen molar-refractivity contribution in [1.29, 1.82) is 0 Å². The number of hydrogen-bond acceptors (Lipinski definition) is 2. The van der Waals surface area contributed by atoms with Crippen molar-refractivity contribution in [3.63, 3.8) is 0 Å². The third kappa shape index (κ3) is 4.17. The van der Waals surface area contributed by atoms with E-state index < -0.39 is 23.2 Å². The number of hydrogen-bond donors (Lipinski definition) is 2. The molecule has 0 aliphatic heterocycles. The summed E-state index contributed by atoms with van der Waals surface area (Å²) >= 11 is 5.83. The highest BCUT2D eigenvalue weighted by molar-refractivity contribution is 6.30. The SMILES string of the molecule is CC(C)CC(NC(=O)c1ccccc1)(C(=O)O)c1ccc(F)c(Cl)c1. The highest BCUT2D eigenvalue weighted by Gasteiger charge is 2.43. The van der Waals surface area contributed by atoms with Gasteiger partial charge in [0.2, 0.25) is 0 Å². The predicted octanol–water partition coefficient (Wildman–Crippen LogP) is 4.24. The Kier molecular flexibility index (Phi) is 5.80. The first-order valence-electron chi connectivity index (χ1n) is 7.83. The van der Waals surface area contributed by atoms with Crippen molar-refractivity contribution in [2.75, 3.05) is 0 Å². The number of nitrogens with one attached hydrogen (secondary N) is 1. The molecule has 0 aromatic heterocycles. The van der Waals surface area contributed by atoms with E-state index in [9.17, 15) is 19.1 Å². The Bertz CT molecular complexity index is 779. The van der Waals surface area contributed by atoms with Gasteiger partial charge in [0.25, 0.3) is 5.91 Å². The fourth-order valence-corrected chi connectivity index (χ4v) is 2.92.